The van der Waals surface area contributed by atoms with E-state index in [4.69, 9.17) is 14.2 Å². The Morgan fingerprint density at radius 1 is 1.07 bits per heavy atom. The van der Waals surface area contributed by atoms with Crippen LogP contribution in [0.3, 0.4) is 0 Å². The number of sulfonamides is 1. The van der Waals surface area contributed by atoms with Crippen molar-refractivity contribution in [3.8, 4) is 17.2 Å². The van der Waals surface area contributed by atoms with Crippen LogP contribution < -0.4 is 24.0 Å². The molecule has 146 valence electrons. The zero-order chi connectivity index (χ0) is 20.2. The lowest BCUT2D eigenvalue weighted by atomic mass is 10.2. The van der Waals surface area contributed by atoms with Crippen LogP contribution in [0.1, 0.15) is 15.9 Å². The summed E-state index contributed by atoms with van der Waals surface area (Å²) in [6.07, 6.45) is 0. The number of benzene rings is 2. The van der Waals surface area contributed by atoms with Crippen molar-refractivity contribution in [2.45, 2.75) is 11.4 Å². The number of carboxylic acid groups (broad SMARTS) is 1. The largest absolute Gasteiger partial charge is 0.545 e. The van der Waals surface area contributed by atoms with E-state index in [2.05, 4.69) is 4.72 Å². The second-order valence-electron chi connectivity index (χ2n) is 5.29. The van der Waals surface area contributed by atoms with Gasteiger partial charge in [-0.1, -0.05) is 6.07 Å². The van der Waals surface area contributed by atoms with Gasteiger partial charge in [-0.05, 0) is 35.4 Å². The van der Waals surface area contributed by atoms with Crippen LogP contribution in [0.15, 0.2) is 35.2 Å². The van der Waals surface area contributed by atoms with Crippen molar-refractivity contribution in [3.05, 3.63) is 47.3 Å². The fourth-order valence-corrected chi connectivity index (χ4v) is 3.45. The van der Waals surface area contributed by atoms with Crippen LogP contribution in [0.4, 0.5) is 4.39 Å². The molecule has 0 bridgehead atoms. The Balaban J connectivity index is 2.33. The first kappa shape index (κ1) is 20.5. The maximum atomic E-state index is 13.9. The van der Waals surface area contributed by atoms with E-state index in [-0.39, 0.29) is 6.54 Å². The van der Waals surface area contributed by atoms with Gasteiger partial charge in [0.15, 0.2) is 11.5 Å². The summed E-state index contributed by atoms with van der Waals surface area (Å²) in [5, 5.41) is 10.9. The molecule has 1 N–H and O–H groups in total. The summed E-state index contributed by atoms with van der Waals surface area (Å²) < 4.78 is 56.4. The standard InChI is InChI=1S/C17H18FNO7S/c1-24-13-6-10(7-14(25-2)16(13)26-3)9-19-27(22,23)15-8-11(17(20)21)4-5-12(15)18/h4-8,19H,9H2,1-3H3,(H,20,21)/p-1. The van der Waals surface area contributed by atoms with Crippen molar-refractivity contribution in [2.24, 2.45) is 0 Å². The Morgan fingerprint density at radius 2 is 1.67 bits per heavy atom. The fraction of sp³-hybridized carbons (Fsp3) is 0.235. The summed E-state index contributed by atoms with van der Waals surface area (Å²) in [5.74, 6) is -1.74. The second kappa shape index (κ2) is 8.23. The Hall–Kier alpha value is -2.85. The molecule has 0 radical (unpaired) electrons. The number of ether oxygens (including phenoxy) is 3. The third kappa shape index (κ3) is 4.47. The number of hydrogen-bond acceptors (Lipinski definition) is 7. The van der Waals surface area contributed by atoms with Gasteiger partial charge in [0.1, 0.15) is 10.7 Å². The summed E-state index contributed by atoms with van der Waals surface area (Å²) in [5.41, 5.74) is -0.00546. The van der Waals surface area contributed by atoms with Gasteiger partial charge in [0.25, 0.3) is 0 Å². The SMILES string of the molecule is COc1cc(CNS(=O)(=O)c2cc(C(=O)[O-])ccc2F)cc(OC)c1OC. The molecule has 0 atom stereocenters. The highest BCUT2D eigenvalue weighted by atomic mass is 32.2. The van der Waals surface area contributed by atoms with Crippen molar-refractivity contribution < 1.29 is 36.9 Å². The Labute approximate surface area is 155 Å². The van der Waals surface area contributed by atoms with Gasteiger partial charge in [-0.25, -0.2) is 17.5 Å². The summed E-state index contributed by atoms with van der Waals surface area (Å²) >= 11 is 0. The quantitative estimate of drug-likeness (QED) is 0.696. The molecular formula is C17H17FNO7S-. The summed E-state index contributed by atoms with van der Waals surface area (Å²) in [4.78, 5) is 10.1. The molecule has 0 spiro atoms. The molecule has 0 unspecified atom stereocenters. The number of methoxy groups -OCH3 is 3. The number of carbonyl (C=O) groups excluding carboxylic acids is 1. The number of carboxylic acids is 1. The normalized spacial score (nSPS) is 11.1. The lowest BCUT2D eigenvalue weighted by Gasteiger charge is -2.15. The van der Waals surface area contributed by atoms with Gasteiger partial charge in [0.05, 0.1) is 27.3 Å². The average Bonchev–Trinajstić information content (AvgIpc) is 2.65. The number of rotatable bonds is 8. The van der Waals surface area contributed by atoms with E-state index in [1.165, 1.54) is 33.5 Å². The third-order valence-electron chi connectivity index (χ3n) is 3.65. The molecule has 0 amide bonds. The molecule has 2 aromatic rings. The number of carbonyl (C=O) groups is 1. The van der Waals surface area contributed by atoms with Gasteiger partial charge in [0.2, 0.25) is 15.8 Å². The molecule has 2 aromatic carbocycles. The molecule has 10 heteroatoms. The van der Waals surface area contributed by atoms with Crippen LogP contribution in [0, 0.1) is 5.82 Å². The van der Waals surface area contributed by atoms with E-state index in [9.17, 15) is 22.7 Å². The molecule has 27 heavy (non-hydrogen) atoms. The summed E-state index contributed by atoms with van der Waals surface area (Å²) in [7, 11) is -0.0850. The molecule has 0 aromatic heterocycles. The first-order valence-corrected chi connectivity index (χ1v) is 9.01. The van der Waals surface area contributed by atoms with Gasteiger partial charge >= 0.3 is 0 Å². The lowest BCUT2D eigenvalue weighted by molar-refractivity contribution is -0.255. The van der Waals surface area contributed by atoms with E-state index < -0.39 is 32.3 Å². The smallest absolute Gasteiger partial charge is 0.243 e. The van der Waals surface area contributed by atoms with E-state index in [1.807, 2.05) is 0 Å². The number of hydrogen-bond donors (Lipinski definition) is 1. The second-order valence-corrected chi connectivity index (χ2v) is 7.03. The van der Waals surface area contributed by atoms with Crippen molar-refractivity contribution in [1.29, 1.82) is 0 Å². The number of nitrogens with one attached hydrogen (secondary N) is 1. The van der Waals surface area contributed by atoms with E-state index in [0.717, 1.165) is 12.1 Å². The molecule has 2 rings (SSSR count). The van der Waals surface area contributed by atoms with Gasteiger partial charge in [0, 0.05) is 6.54 Å². The molecule has 0 heterocycles. The van der Waals surface area contributed by atoms with Crippen molar-refractivity contribution in [2.75, 3.05) is 21.3 Å². The van der Waals surface area contributed by atoms with E-state index >= 15 is 0 Å². The van der Waals surface area contributed by atoms with Gasteiger partial charge in [-0.2, -0.15) is 0 Å². The summed E-state index contributed by atoms with van der Waals surface area (Å²) in [6, 6.07) is 5.42. The molecule has 0 saturated carbocycles. The molecule has 8 nitrogen and oxygen atoms in total. The van der Waals surface area contributed by atoms with Crippen LogP contribution in [-0.4, -0.2) is 35.7 Å². The minimum absolute atomic E-state index is 0.228. The van der Waals surface area contributed by atoms with Crippen LogP contribution in [0.2, 0.25) is 0 Å². The first-order chi connectivity index (χ1) is 12.7. The van der Waals surface area contributed by atoms with Crippen LogP contribution in [0.5, 0.6) is 17.2 Å². The Morgan fingerprint density at radius 3 is 2.15 bits per heavy atom. The minimum atomic E-state index is -4.33. The molecular weight excluding hydrogens is 381 g/mol. The zero-order valence-corrected chi connectivity index (χ0v) is 15.6. The average molecular weight is 398 g/mol. The lowest BCUT2D eigenvalue weighted by Crippen LogP contribution is -2.26. The monoisotopic (exact) mass is 398 g/mol. The van der Waals surface area contributed by atoms with Crippen molar-refractivity contribution in [1.82, 2.24) is 4.72 Å². The minimum Gasteiger partial charge on any atom is -0.545 e. The van der Waals surface area contributed by atoms with Crippen molar-refractivity contribution in [3.63, 3.8) is 0 Å². The van der Waals surface area contributed by atoms with E-state index in [1.54, 1.807) is 0 Å². The maximum absolute atomic E-state index is 13.9. The molecule has 0 aliphatic rings. The highest BCUT2D eigenvalue weighted by Gasteiger charge is 2.21. The van der Waals surface area contributed by atoms with Crippen molar-refractivity contribution >= 4 is 16.0 Å². The first-order valence-electron chi connectivity index (χ1n) is 7.53. The molecule has 0 aliphatic carbocycles. The Bertz CT molecular complexity index is 935. The van der Waals surface area contributed by atoms with E-state index in [0.29, 0.717) is 28.9 Å². The predicted octanol–water partition coefficient (Wildman–Crippen LogP) is 0.694. The van der Waals surface area contributed by atoms with Crippen LogP contribution in [-0.2, 0) is 16.6 Å². The maximum Gasteiger partial charge on any atom is 0.243 e. The van der Waals surface area contributed by atoms with Gasteiger partial charge < -0.3 is 24.1 Å². The van der Waals surface area contributed by atoms with Crippen LogP contribution in [0.25, 0.3) is 0 Å². The third-order valence-corrected chi connectivity index (χ3v) is 5.06. The zero-order valence-electron chi connectivity index (χ0n) is 14.7. The Kier molecular flexibility index (Phi) is 6.24. The number of aromatic carboxylic acids is 1. The summed E-state index contributed by atoms with van der Waals surface area (Å²) in [6.45, 7) is -0.228. The van der Waals surface area contributed by atoms with Crippen LogP contribution >= 0.6 is 0 Å². The van der Waals surface area contributed by atoms with Gasteiger partial charge in [-0.3, -0.25) is 0 Å². The predicted molar refractivity (Wildman–Crippen MR) is 90.9 cm³/mol. The highest BCUT2D eigenvalue weighted by molar-refractivity contribution is 7.89. The topological polar surface area (TPSA) is 114 Å². The number of halogens is 1. The van der Waals surface area contributed by atoms with Gasteiger partial charge in [-0.15, -0.1) is 0 Å². The molecule has 0 aliphatic heterocycles. The highest BCUT2D eigenvalue weighted by Crippen LogP contribution is 2.38. The fourth-order valence-electron chi connectivity index (χ4n) is 2.33. The molecule has 0 saturated heterocycles. The molecule has 0 fully saturated rings.